The highest BCUT2D eigenvalue weighted by Gasteiger charge is 2.03. The lowest BCUT2D eigenvalue weighted by Crippen LogP contribution is -2.07. The highest BCUT2D eigenvalue weighted by Crippen LogP contribution is 2.13. The first-order valence-corrected chi connectivity index (χ1v) is 3.54. The van der Waals surface area contributed by atoms with Crippen molar-refractivity contribution in [3.63, 3.8) is 0 Å². The van der Waals surface area contributed by atoms with E-state index in [9.17, 15) is 4.79 Å². The molecule has 0 aliphatic rings. The molecule has 0 aromatic heterocycles. The Kier molecular flexibility index (Phi) is 3.77. The number of nitrogens with two attached hydrogens (primary N) is 1. The lowest BCUT2D eigenvalue weighted by molar-refractivity contribution is -0.105. The van der Waals surface area contributed by atoms with E-state index in [-0.39, 0.29) is 0 Å². The van der Waals surface area contributed by atoms with Gasteiger partial charge >= 0.3 is 0 Å². The Hall–Kier alpha value is -0.790. The van der Waals surface area contributed by atoms with Crippen LogP contribution in [0.1, 0.15) is 27.2 Å². The smallest absolute Gasteiger partial charge is 0.165 e. The zero-order valence-electron chi connectivity index (χ0n) is 6.85. The van der Waals surface area contributed by atoms with Gasteiger partial charge in [-0.15, -0.1) is 0 Å². The van der Waals surface area contributed by atoms with Gasteiger partial charge < -0.3 is 5.73 Å². The maximum absolute atomic E-state index is 10.2. The van der Waals surface area contributed by atoms with E-state index in [1.54, 1.807) is 0 Å². The summed E-state index contributed by atoms with van der Waals surface area (Å²) in [5, 5.41) is 0. The van der Waals surface area contributed by atoms with Gasteiger partial charge in [0.1, 0.15) is 0 Å². The van der Waals surface area contributed by atoms with Crippen LogP contribution in [0.4, 0.5) is 0 Å². The zero-order valence-corrected chi connectivity index (χ0v) is 6.85. The molecular formula is C8H15NO. The number of rotatable bonds is 3. The van der Waals surface area contributed by atoms with E-state index >= 15 is 0 Å². The Morgan fingerprint density at radius 2 is 2.20 bits per heavy atom. The monoisotopic (exact) mass is 141 g/mol. The molecule has 58 valence electrons. The van der Waals surface area contributed by atoms with Crippen LogP contribution in [-0.2, 0) is 4.79 Å². The molecule has 1 unspecified atom stereocenters. The van der Waals surface area contributed by atoms with Crippen molar-refractivity contribution < 1.29 is 4.79 Å². The molecular weight excluding hydrogens is 126 g/mol. The summed E-state index contributed by atoms with van der Waals surface area (Å²) in [6, 6.07) is 0. The van der Waals surface area contributed by atoms with E-state index < -0.39 is 0 Å². The van der Waals surface area contributed by atoms with Gasteiger partial charge in [-0.2, -0.15) is 0 Å². The first kappa shape index (κ1) is 9.21. The summed E-state index contributed by atoms with van der Waals surface area (Å²) in [5.41, 5.74) is 6.79. The maximum Gasteiger partial charge on any atom is 0.165 e. The van der Waals surface area contributed by atoms with Crippen LogP contribution in [0.15, 0.2) is 11.3 Å². The number of aldehydes is 1. The van der Waals surface area contributed by atoms with E-state index in [1.165, 1.54) is 0 Å². The number of carbonyl (C=O) groups excluding carboxylic acids is 1. The molecule has 10 heavy (non-hydrogen) atoms. The molecule has 0 spiro atoms. The van der Waals surface area contributed by atoms with E-state index in [1.807, 2.05) is 6.92 Å². The van der Waals surface area contributed by atoms with Crippen molar-refractivity contribution >= 4 is 6.29 Å². The predicted molar refractivity (Wildman–Crippen MR) is 42.4 cm³/mol. The normalized spacial score (nSPS) is 15.9. The van der Waals surface area contributed by atoms with Gasteiger partial charge in [0, 0.05) is 0 Å². The van der Waals surface area contributed by atoms with Crippen LogP contribution in [0, 0.1) is 5.92 Å². The standard InChI is InChI=1S/C8H15NO/c1-4-6(2)7(3)8(9)5-10/h5-6H,4,9H2,1-3H3/b8-7+. The molecule has 0 aliphatic carbocycles. The molecule has 0 radical (unpaired) electrons. The van der Waals surface area contributed by atoms with Crippen molar-refractivity contribution in [2.45, 2.75) is 27.2 Å². The summed E-state index contributed by atoms with van der Waals surface area (Å²) in [6.07, 6.45) is 1.74. The summed E-state index contributed by atoms with van der Waals surface area (Å²) >= 11 is 0. The van der Waals surface area contributed by atoms with E-state index in [0.717, 1.165) is 12.0 Å². The summed E-state index contributed by atoms with van der Waals surface area (Å²) in [4.78, 5) is 10.2. The molecule has 1 atom stereocenters. The minimum absolute atomic E-state index is 0.384. The van der Waals surface area contributed by atoms with Crippen molar-refractivity contribution in [1.82, 2.24) is 0 Å². The predicted octanol–water partition coefficient (Wildman–Crippen LogP) is 1.46. The fourth-order valence-electron chi connectivity index (χ4n) is 0.684. The Morgan fingerprint density at radius 3 is 2.50 bits per heavy atom. The quantitative estimate of drug-likeness (QED) is 0.477. The number of carbonyl (C=O) groups is 1. The second-order valence-corrected chi connectivity index (χ2v) is 2.57. The largest absolute Gasteiger partial charge is 0.396 e. The fraction of sp³-hybridized carbons (Fsp3) is 0.625. The third-order valence-electron chi connectivity index (χ3n) is 1.93. The van der Waals surface area contributed by atoms with Crippen LogP contribution < -0.4 is 5.73 Å². The Bertz CT molecular complexity index is 149. The van der Waals surface area contributed by atoms with Crippen LogP contribution in [-0.4, -0.2) is 6.29 Å². The van der Waals surface area contributed by atoms with Crippen LogP contribution in [0.5, 0.6) is 0 Å². The minimum atomic E-state index is 0.384. The molecule has 0 amide bonds. The van der Waals surface area contributed by atoms with Crippen molar-refractivity contribution in [1.29, 1.82) is 0 Å². The molecule has 0 rings (SSSR count). The number of hydrogen-bond acceptors (Lipinski definition) is 2. The first-order chi connectivity index (χ1) is 4.63. The minimum Gasteiger partial charge on any atom is -0.396 e. The van der Waals surface area contributed by atoms with Crippen molar-refractivity contribution in [3.05, 3.63) is 11.3 Å². The fourth-order valence-corrected chi connectivity index (χ4v) is 0.684. The van der Waals surface area contributed by atoms with Gasteiger partial charge in [-0.05, 0) is 24.8 Å². The van der Waals surface area contributed by atoms with Gasteiger partial charge in [-0.1, -0.05) is 13.8 Å². The molecule has 0 aromatic rings. The van der Waals surface area contributed by atoms with Gasteiger partial charge in [0.2, 0.25) is 0 Å². The lowest BCUT2D eigenvalue weighted by atomic mass is 9.99. The van der Waals surface area contributed by atoms with E-state index in [2.05, 4.69) is 13.8 Å². The van der Waals surface area contributed by atoms with E-state index in [4.69, 9.17) is 5.73 Å². The average Bonchev–Trinajstić information content (AvgIpc) is 2.00. The van der Waals surface area contributed by atoms with Gasteiger partial charge in [-0.25, -0.2) is 0 Å². The molecule has 0 saturated carbocycles. The van der Waals surface area contributed by atoms with Crippen LogP contribution in [0.3, 0.4) is 0 Å². The Labute approximate surface area is 62.1 Å². The highest BCUT2D eigenvalue weighted by atomic mass is 16.1. The molecule has 2 nitrogen and oxygen atoms in total. The first-order valence-electron chi connectivity index (χ1n) is 3.54. The molecule has 0 saturated heterocycles. The Balaban J connectivity index is 4.29. The van der Waals surface area contributed by atoms with Crippen LogP contribution in [0.2, 0.25) is 0 Å². The van der Waals surface area contributed by atoms with Crippen LogP contribution >= 0.6 is 0 Å². The maximum atomic E-state index is 10.2. The van der Waals surface area contributed by atoms with E-state index in [0.29, 0.717) is 17.9 Å². The molecule has 2 heteroatoms. The molecule has 0 bridgehead atoms. The van der Waals surface area contributed by atoms with Gasteiger partial charge in [-0.3, -0.25) is 4.79 Å². The molecule has 0 fully saturated rings. The zero-order chi connectivity index (χ0) is 8.15. The summed E-state index contributed by atoms with van der Waals surface area (Å²) in [7, 11) is 0. The summed E-state index contributed by atoms with van der Waals surface area (Å²) < 4.78 is 0. The third kappa shape index (κ3) is 2.21. The third-order valence-corrected chi connectivity index (χ3v) is 1.93. The second-order valence-electron chi connectivity index (χ2n) is 2.57. The summed E-state index contributed by atoms with van der Waals surface area (Å²) in [5.74, 6) is 0.421. The number of allylic oxidation sites excluding steroid dienone is 2. The second kappa shape index (κ2) is 4.09. The SMILES string of the molecule is CCC(C)/C(C)=C(/N)C=O. The molecule has 0 aromatic carbocycles. The summed E-state index contributed by atoms with van der Waals surface area (Å²) in [6.45, 7) is 6.04. The average molecular weight is 141 g/mol. The van der Waals surface area contributed by atoms with Crippen molar-refractivity contribution in [2.75, 3.05) is 0 Å². The molecule has 0 heterocycles. The van der Waals surface area contributed by atoms with Crippen LogP contribution in [0.25, 0.3) is 0 Å². The van der Waals surface area contributed by atoms with Crippen molar-refractivity contribution in [3.8, 4) is 0 Å². The topological polar surface area (TPSA) is 43.1 Å². The highest BCUT2D eigenvalue weighted by molar-refractivity contribution is 5.72. The van der Waals surface area contributed by atoms with Gasteiger partial charge in [0.05, 0.1) is 5.70 Å². The van der Waals surface area contributed by atoms with Gasteiger partial charge in [0.25, 0.3) is 0 Å². The molecule has 0 aliphatic heterocycles. The van der Waals surface area contributed by atoms with Crippen molar-refractivity contribution in [2.24, 2.45) is 11.7 Å². The molecule has 2 N–H and O–H groups in total. The number of hydrogen-bond donors (Lipinski definition) is 1. The Morgan fingerprint density at radius 1 is 1.70 bits per heavy atom. The van der Waals surface area contributed by atoms with Gasteiger partial charge in [0.15, 0.2) is 6.29 Å². The lowest BCUT2D eigenvalue weighted by Gasteiger charge is -2.09.